The molecule has 17 atom stereocenters. The number of fused-ring (bicyclic) bond motifs is 13. The summed E-state index contributed by atoms with van der Waals surface area (Å²) in [6.07, 6.45) is -2.38. The quantitative estimate of drug-likeness (QED) is 0.0427. The molecule has 0 aromatic heterocycles. The zero-order valence-electron chi connectivity index (χ0n) is 57.7. The maximum absolute atomic E-state index is 15.9. The van der Waals surface area contributed by atoms with Gasteiger partial charge in [0.25, 0.3) is 0 Å². The number of carbonyl (C=O) groups is 4. The molecule has 5 fully saturated rings. The number of aldehydes is 1. The third kappa shape index (κ3) is 11.7. The number of carbonyl (C=O) groups excluding carboxylic acids is 4. The van der Waals surface area contributed by atoms with Gasteiger partial charge >= 0.3 is 0 Å². The molecule has 103 heavy (non-hydrogen) atoms. The monoisotopic (exact) mass is 1410 g/mol. The molecule has 17 N–H and O–H groups in total. The fourth-order valence-corrected chi connectivity index (χ4v) is 19.5. The number of aliphatic hydroxyl groups excluding tert-OH is 6. The summed E-state index contributed by atoms with van der Waals surface area (Å²) in [5.41, 5.74) is 15.0. The van der Waals surface area contributed by atoms with Crippen molar-refractivity contribution in [2.45, 2.75) is 200 Å². The molecule has 0 radical (unpaired) electrons. The van der Waals surface area contributed by atoms with Gasteiger partial charge in [-0.15, -0.1) is 0 Å². The highest BCUT2D eigenvalue weighted by molar-refractivity contribution is 6.29. The minimum Gasteiger partial charge on any atom is -0.486 e. The smallest absolute Gasteiger partial charge is 0.242 e. The molecule has 0 unspecified atom stereocenters. The van der Waals surface area contributed by atoms with E-state index < -0.39 is 146 Å². The normalized spacial score (nSPS) is 33.7. The van der Waals surface area contributed by atoms with E-state index in [-0.39, 0.29) is 110 Å². The van der Waals surface area contributed by atoms with Crippen LogP contribution in [0, 0.1) is 29.1 Å². The van der Waals surface area contributed by atoms with E-state index in [0.29, 0.717) is 72.3 Å². The first-order valence-corrected chi connectivity index (χ1v) is 36.8. The highest BCUT2D eigenvalue weighted by atomic mass is 16.7. The van der Waals surface area contributed by atoms with E-state index in [2.05, 4.69) is 62.0 Å². The minimum atomic E-state index is -2.62. The molecule has 12 aliphatic rings. The second-order valence-corrected chi connectivity index (χ2v) is 30.4. The summed E-state index contributed by atoms with van der Waals surface area (Å²) in [4.78, 5) is 59.8. The standard InChI is InChI=1S/C78H93N9O16/c1-81-33-43-27-40-26-41-16-22-78(98)69(96)67(100-37-77-44(30-50(43)51(29-40)48(19-25-89)68(77)95)31-56(84-45-8-2-3-9-45)61-55(77)17-23-82-70(61)79)73-102-65-54(32-53-60(66(65)99-36-46(91)18-24-88)64(94)52-28-39(34-90)12-14-47(52)63(53)93)59(42(13-15-58(41)92)35-101-76(74(78)103-73)20-6-7-21-76)49-10-4-5-11-57(49)87-38-83-62-71(87)85-75(80)86-72(62)97/h4-5,10-12,14,17,24,27-29,31-32,41-42,45-46,48,56,58-59,62,67-69,71,73-75,81-85,89-92,95-96,98H,2-3,6-9,13,15,18-21,23,25-26,30,33-38,79-80H2,1H3,(H,86,97)/t41-,42+,46-,48+,56+,58-,59+,62+,67+,68-,69+,71-,73+,74+,75-,77+,78-/m1/s1. The molecule has 2 spiro atoms. The third-order valence-corrected chi connectivity index (χ3v) is 24.5. The van der Waals surface area contributed by atoms with E-state index in [9.17, 15) is 45.3 Å². The predicted octanol–water partition coefficient (Wildman–Crippen LogP) is 1.64. The molecule has 4 aromatic carbocycles. The number of anilines is 1. The van der Waals surface area contributed by atoms with Gasteiger partial charge in [-0.1, -0.05) is 91.6 Å². The summed E-state index contributed by atoms with van der Waals surface area (Å²) in [6, 6.07) is 16.8. The number of hydrogen-bond donors (Lipinski definition) is 15. The van der Waals surface area contributed by atoms with Crippen molar-refractivity contribution in [3.05, 3.63) is 157 Å². The lowest BCUT2D eigenvalue weighted by atomic mass is 9.59. The molecule has 2 saturated carbocycles. The Morgan fingerprint density at radius 1 is 0.932 bits per heavy atom. The second kappa shape index (κ2) is 27.8. The Balaban J connectivity index is 0.989. The van der Waals surface area contributed by atoms with Crippen LogP contribution in [0.15, 0.2) is 95.4 Å². The van der Waals surface area contributed by atoms with Gasteiger partial charge in [-0.2, -0.15) is 0 Å². The van der Waals surface area contributed by atoms with E-state index >= 15 is 9.59 Å². The van der Waals surface area contributed by atoms with Gasteiger partial charge in [0.15, 0.2) is 28.7 Å². The van der Waals surface area contributed by atoms with Crippen molar-refractivity contribution >= 4 is 29.4 Å². The number of para-hydroxylation sites is 1. The van der Waals surface area contributed by atoms with Crippen molar-refractivity contribution in [1.29, 1.82) is 0 Å². The van der Waals surface area contributed by atoms with Gasteiger partial charge in [-0.25, -0.2) is 0 Å². The van der Waals surface area contributed by atoms with Crippen LogP contribution in [0.3, 0.4) is 0 Å². The van der Waals surface area contributed by atoms with Crippen LogP contribution in [0.1, 0.15) is 160 Å². The predicted molar refractivity (Wildman–Crippen MR) is 375 cm³/mol. The first kappa shape index (κ1) is 69.9. The van der Waals surface area contributed by atoms with Gasteiger partial charge in [0.2, 0.25) is 12.2 Å². The summed E-state index contributed by atoms with van der Waals surface area (Å²) < 4.78 is 37.4. The fraction of sp³-hybridized carbons (Fsp3) is 0.538. The molecule has 4 aromatic rings. The van der Waals surface area contributed by atoms with E-state index in [1.54, 1.807) is 12.1 Å². The first-order valence-electron chi connectivity index (χ1n) is 36.8. The number of rotatable bonds is 14. The van der Waals surface area contributed by atoms with E-state index in [1.165, 1.54) is 12.1 Å². The molecule has 1 amide bonds. The van der Waals surface area contributed by atoms with E-state index in [4.69, 9.17) is 35.2 Å². The zero-order chi connectivity index (χ0) is 71.4. The molecule has 25 heteroatoms. The third-order valence-electron chi connectivity index (χ3n) is 24.5. The fourth-order valence-electron chi connectivity index (χ4n) is 19.5. The van der Waals surface area contributed by atoms with Crippen LogP contribution in [-0.2, 0) is 49.8 Å². The van der Waals surface area contributed by atoms with Crippen LogP contribution in [0.5, 0.6) is 11.5 Å². The van der Waals surface area contributed by atoms with Crippen molar-refractivity contribution in [3.8, 4) is 23.3 Å². The van der Waals surface area contributed by atoms with Gasteiger partial charge in [-0.05, 0) is 134 Å². The van der Waals surface area contributed by atoms with Crippen LogP contribution in [0.25, 0.3) is 0 Å². The second-order valence-electron chi connectivity index (χ2n) is 30.4. The summed E-state index contributed by atoms with van der Waals surface area (Å²) >= 11 is 0. The Morgan fingerprint density at radius 3 is 2.53 bits per heavy atom. The molecule has 9 bridgehead atoms. The first-order chi connectivity index (χ1) is 49.9. The Labute approximate surface area is 597 Å². The molecule has 3 saturated heterocycles. The molecule has 25 nitrogen and oxygen atoms in total. The van der Waals surface area contributed by atoms with E-state index in [1.807, 2.05) is 42.3 Å². The molecule has 5 aliphatic carbocycles. The number of ether oxygens (including phenoxy) is 5. The van der Waals surface area contributed by atoms with E-state index in [0.717, 1.165) is 53.5 Å². The van der Waals surface area contributed by atoms with Gasteiger partial charge in [0.05, 0.1) is 73.3 Å². The van der Waals surface area contributed by atoms with Crippen molar-refractivity contribution in [1.82, 2.24) is 31.9 Å². The Bertz CT molecular complexity index is 4220. The lowest BCUT2D eigenvalue weighted by Crippen LogP contribution is -2.72. The number of ketones is 2. The number of nitrogens with two attached hydrogens (primary N) is 2. The molecule has 7 heterocycles. The summed E-state index contributed by atoms with van der Waals surface area (Å²) in [5.74, 6) is 1.23. The van der Waals surface area contributed by atoms with Crippen LogP contribution in [0.2, 0.25) is 0 Å². The average molecular weight is 1410 g/mol. The Hall–Kier alpha value is -7.46. The SMILES string of the molecule is CNCc1cc2cc3c1CC1=C[C@H](NC4CCCC4)C4=C(N)NCC=C4[C@@]1(CO[C@@H]1[C@H]4Oc5c(cc6c(c5OC[C@H](O)CC=O)C(=O)c5cc(CO)ccc5C6=O)[C@H](c5ccccc5N5CN[C@@H]6C(=O)N[C@H](N)N[C@@H]65)[C@H]5CC[C@@H](O)[C@H](C#C[C@@](O)([C@H]1O)[C@@H](O4)C1(CCCC1)OC5)C2)[C@H](O)[C@H]3CCO. The van der Waals surface area contributed by atoms with Gasteiger partial charge < -0.3 is 96.1 Å². The van der Waals surface area contributed by atoms with Crippen LogP contribution >= 0.6 is 0 Å². The molecular formula is C78H93N9O16. The van der Waals surface area contributed by atoms with Crippen molar-refractivity contribution in [2.75, 3.05) is 51.6 Å². The van der Waals surface area contributed by atoms with Crippen LogP contribution < -0.4 is 57.7 Å². The highest BCUT2D eigenvalue weighted by Crippen LogP contribution is 2.59. The largest absolute Gasteiger partial charge is 0.486 e. The van der Waals surface area contributed by atoms with Gasteiger partial charge in [-0.3, -0.25) is 30.8 Å². The number of benzene rings is 4. The van der Waals surface area contributed by atoms with Crippen molar-refractivity contribution in [3.63, 3.8) is 0 Å². The summed E-state index contributed by atoms with van der Waals surface area (Å²) in [7, 11) is 1.88. The zero-order valence-corrected chi connectivity index (χ0v) is 57.7. The Kier molecular flexibility index (Phi) is 18.9. The maximum Gasteiger partial charge on any atom is 0.242 e. The number of amides is 1. The van der Waals surface area contributed by atoms with Crippen LogP contribution in [-0.4, -0.2) is 191 Å². The lowest BCUT2D eigenvalue weighted by molar-refractivity contribution is -0.337. The minimum absolute atomic E-state index is 0.0304. The number of nitrogens with one attached hydrogen (secondary N) is 6. The number of nitrogens with zero attached hydrogens (tertiary/aromatic N) is 1. The van der Waals surface area contributed by atoms with Crippen LogP contribution in [0.4, 0.5) is 5.69 Å². The maximum atomic E-state index is 15.9. The van der Waals surface area contributed by atoms with Crippen molar-refractivity contribution in [2.24, 2.45) is 28.7 Å². The topological polar surface area (TPSA) is 384 Å². The molecule has 16 rings (SSSR count). The summed E-state index contributed by atoms with van der Waals surface area (Å²) in [5, 5.41) is 110. The Morgan fingerprint density at radius 2 is 1.75 bits per heavy atom. The average Bonchev–Trinajstić information content (AvgIpc) is 1.71. The van der Waals surface area contributed by atoms with Gasteiger partial charge in [0.1, 0.15) is 55.5 Å². The summed E-state index contributed by atoms with van der Waals surface area (Å²) in [6.45, 7) is -1.18. The molecule has 546 valence electrons. The number of aliphatic hydroxyl groups is 7. The lowest BCUT2D eigenvalue weighted by Gasteiger charge is -2.54. The van der Waals surface area contributed by atoms with Gasteiger partial charge in [0, 0.05) is 77.5 Å². The molecular weight excluding hydrogens is 1320 g/mol. The highest BCUT2D eigenvalue weighted by Gasteiger charge is 2.66. The number of hydrogen-bond acceptors (Lipinski definition) is 24. The molecule has 7 aliphatic heterocycles. The number of dihydropyridines is 1. The van der Waals surface area contributed by atoms with Crippen molar-refractivity contribution < 1.29 is 78.6 Å².